The second kappa shape index (κ2) is 8.49. The fraction of sp³-hybridized carbons (Fsp3) is 0.222. The standard InChI is InChI=1S/C18H19BrN2O3/c1-13-5-6-14(16(19)10-13)7-8-18(23)21(2)12-17(22)20-11-15-4-3-9-24-15/h3-10H,11-12H2,1-2H3,(H,20,22). The van der Waals surface area contributed by atoms with Crippen molar-refractivity contribution in [1.82, 2.24) is 10.2 Å². The lowest BCUT2D eigenvalue weighted by atomic mass is 10.1. The van der Waals surface area contributed by atoms with E-state index in [4.69, 9.17) is 4.42 Å². The minimum Gasteiger partial charge on any atom is -0.467 e. The number of carbonyl (C=O) groups is 2. The van der Waals surface area contributed by atoms with Crippen molar-refractivity contribution in [3.05, 3.63) is 64.0 Å². The van der Waals surface area contributed by atoms with Crippen LogP contribution in [0.3, 0.4) is 0 Å². The van der Waals surface area contributed by atoms with Gasteiger partial charge < -0.3 is 14.6 Å². The van der Waals surface area contributed by atoms with Crippen LogP contribution in [0, 0.1) is 6.92 Å². The van der Waals surface area contributed by atoms with E-state index in [0.29, 0.717) is 12.3 Å². The number of hydrogen-bond donors (Lipinski definition) is 1. The Balaban J connectivity index is 1.84. The average molecular weight is 391 g/mol. The van der Waals surface area contributed by atoms with E-state index in [9.17, 15) is 9.59 Å². The van der Waals surface area contributed by atoms with Gasteiger partial charge in [0.15, 0.2) is 0 Å². The van der Waals surface area contributed by atoms with Gasteiger partial charge >= 0.3 is 0 Å². The minimum absolute atomic E-state index is 0.0149. The van der Waals surface area contributed by atoms with E-state index in [1.807, 2.05) is 25.1 Å². The zero-order valence-corrected chi connectivity index (χ0v) is 15.2. The monoisotopic (exact) mass is 390 g/mol. The van der Waals surface area contributed by atoms with Crippen molar-refractivity contribution in [3.8, 4) is 0 Å². The molecule has 0 unspecified atom stereocenters. The lowest BCUT2D eigenvalue weighted by Gasteiger charge is -2.14. The number of nitrogens with one attached hydrogen (secondary N) is 1. The highest BCUT2D eigenvalue weighted by atomic mass is 79.9. The summed E-state index contributed by atoms with van der Waals surface area (Å²) in [6, 6.07) is 9.42. The molecule has 0 radical (unpaired) electrons. The second-order valence-corrected chi connectivity index (χ2v) is 6.26. The van der Waals surface area contributed by atoms with Crippen molar-refractivity contribution in [2.75, 3.05) is 13.6 Å². The topological polar surface area (TPSA) is 62.6 Å². The highest BCUT2D eigenvalue weighted by Crippen LogP contribution is 2.19. The predicted octanol–water partition coefficient (Wildman–Crippen LogP) is 3.14. The molecule has 0 spiro atoms. The molecule has 0 fully saturated rings. The van der Waals surface area contributed by atoms with Crippen LogP contribution in [0.1, 0.15) is 16.9 Å². The van der Waals surface area contributed by atoms with Crippen molar-refractivity contribution in [3.63, 3.8) is 0 Å². The van der Waals surface area contributed by atoms with Gasteiger partial charge in [-0.05, 0) is 42.3 Å². The van der Waals surface area contributed by atoms with Gasteiger partial charge in [-0.1, -0.05) is 28.1 Å². The number of carbonyl (C=O) groups excluding carboxylic acids is 2. The van der Waals surface area contributed by atoms with Crippen molar-refractivity contribution in [1.29, 1.82) is 0 Å². The van der Waals surface area contributed by atoms with Crippen molar-refractivity contribution >= 4 is 33.8 Å². The van der Waals surface area contributed by atoms with Crippen molar-refractivity contribution < 1.29 is 14.0 Å². The third-order valence-corrected chi connectivity index (χ3v) is 4.05. The Kier molecular flexibility index (Phi) is 6.37. The van der Waals surface area contributed by atoms with E-state index in [1.165, 1.54) is 11.0 Å². The first-order valence-electron chi connectivity index (χ1n) is 7.44. The van der Waals surface area contributed by atoms with E-state index in [1.54, 1.807) is 31.5 Å². The van der Waals surface area contributed by atoms with E-state index in [-0.39, 0.29) is 18.4 Å². The molecule has 2 amide bonds. The quantitative estimate of drug-likeness (QED) is 0.770. The smallest absolute Gasteiger partial charge is 0.246 e. The van der Waals surface area contributed by atoms with E-state index in [0.717, 1.165) is 15.6 Å². The first-order chi connectivity index (χ1) is 11.5. The lowest BCUT2D eigenvalue weighted by molar-refractivity contribution is -0.131. The molecule has 0 bridgehead atoms. The van der Waals surface area contributed by atoms with Gasteiger partial charge in [0.2, 0.25) is 11.8 Å². The number of halogens is 1. The fourth-order valence-electron chi connectivity index (χ4n) is 2.00. The number of hydrogen-bond acceptors (Lipinski definition) is 3. The maximum Gasteiger partial charge on any atom is 0.246 e. The summed E-state index contributed by atoms with van der Waals surface area (Å²) in [6.07, 6.45) is 4.73. The molecule has 0 aliphatic rings. The fourth-order valence-corrected chi connectivity index (χ4v) is 2.63. The zero-order valence-electron chi connectivity index (χ0n) is 13.6. The number of aryl methyl sites for hydroxylation is 1. The highest BCUT2D eigenvalue weighted by Gasteiger charge is 2.11. The third kappa shape index (κ3) is 5.38. The molecule has 0 aliphatic heterocycles. The van der Waals surface area contributed by atoms with Gasteiger partial charge in [0.25, 0.3) is 0 Å². The molecular formula is C18H19BrN2O3. The van der Waals surface area contributed by atoms with Crippen LogP contribution in [-0.4, -0.2) is 30.3 Å². The number of amides is 2. The summed E-state index contributed by atoms with van der Waals surface area (Å²) in [6.45, 7) is 2.29. The van der Waals surface area contributed by atoms with Crippen LogP contribution in [0.5, 0.6) is 0 Å². The van der Waals surface area contributed by atoms with Gasteiger partial charge in [-0.25, -0.2) is 0 Å². The molecule has 0 saturated heterocycles. The number of benzene rings is 1. The second-order valence-electron chi connectivity index (χ2n) is 5.41. The maximum absolute atomic E-state index is 12.1. The van der Waals surface area contributed by atoms with Crippen LogP contribution in [0.25, 0.3) is 6.08 Å². The largest absolute Gasteiger partial charge is 0.467 e. The van der Waals surface area contributed by atoms with Crippen LogP contribution in [0.15, 0.2) is 51.6 Å². The van der Waals surface area contributed by atoms with Crippen LogP contribution in [0.2, 0.25) is 0 Å². The van der Waals surface area contributed by atoms with Gasteiger partial charge in [0.1, 0.15) is 5.76 Å². The van der Waals surface area contributed by atoms with Crippen LogP contribution in [-0.2, 0) is 16.1 Å². The predicted molar refractivity (Wildman–Crippen MR) is 96.1 cm³/mol. The van der Waals surface area contributed by atoms with Gasteiger partial charge in [-0.3, -0.25) is 9.59 Å². The summed E-state index contributed by atoms with van der Waals surface area (Å²) in [5.74, 6) is 0.184. The molecule has 1 aromatic carbocycles. The summed E-state index contributed by atoms with van der Waals surface area (Å²) in [4.78, 5) is 25.3. The molecule has 1 heterocycles. The lowest BCUT2D eigenvalue weighted by Crippen LogP contribution is -2.37. The van der Waals surface area contributed by atoms with E-state index >= 15 is 0 Å². The van der Waals surface area contributed by atoms with Crippen LogP contribution in [0.4, 0.5) is 0 Å². The molecule has 0 aliphatic carbocycles. The molecular weight excluding hydrogens is 372 g/mol. The molecule has 1 aromatic heterocycles. The first kappa shape index (κ1) is 18.0. The average Bonchev–Trinajstić information content (AvgIpc) is 3.05. The number of likely N-dealkylation sites (N-methyl/N-ethyl adjacent to an activating group) is 1. The number of rotatable bonds is 6. The summed E-state index contributed by atoms with van der Waals surface area (Å²) in [7, 11) is 1.59. The summed E-state index contributed by atoms with van der Waals surface area (Å²) < 4.78 is 6.05. The van der Waals surface area contributed by atoms with Crippen molar-refractivity contribution in [2.24, 2.45) is 0 Å². The Hall–Kier alpha value is -2.34. The van der Waals surface area contributed by atoms with Gasteiger partial charge in [-0.2, -0.15) is 0 Å². The van der Waals surface area contributed by atoms with Crippen LogP contribution < -0.4 is 5.32 Å². The van der Waals surface area contributed by atoms with Gasteiger partial charge in [-0.15, -0.1) is 0 Å². The molecule has 0 saturated carbocycles. The Labute approximate surface area is 149 Å². The molecule has 6 heteroatoms. The SMILES string of the molecule is Cc1ccc(C=CC(=O)N(C)CC(=O)NCc2ccco2)c(Br)c1. The normalized spacial score (nSPS) is 10.8. The first-order valence-corrected chi connectivity index (χ1v) is 8.23. The Morgan fingerprint density at radius 3 is 2.79 bits per heavy atom. The molecule has 1 N–H and O–H groups in total. The molecule has 5 nitrogen and oxygen atoms in total. The molecule has 2 aromatic rings. The third-order valence-electron chi connectivity index (χ3n) is 3.36. The minimum atomic E-state index is -0.243. The van der Waals surface area contributed by atoms with Gasteiger partial charge in [0.05, 0.1) is 19.4 Å². The summed E-state index contributed by atoms with van der Waals surface area (Å²) in [5, 5.41) is 2.70. The van der Waals surface area contributed by atoms with Crippen molar-refractivity contribution in [2.45, 2.75) is 13.5 Å². The number of furan rings is 1. The van der Waals surface area contributed by atoms with Gasteiger partial charge in [0, 0.05) is 17.6 Å². The molecule has 2 rings (SSSR count). The Morgan fingerprint density at radius 1 is 1.33 bits per heavy atom. The van der Waals surface area contributed by atoms with E-state index < -0.39 is 0 Å². The summed E-state index contributed by atoms with van der Waals surface area (Å²) in [5.41, 5.74) is 2.04. The molecule has 0 atom stereocenters. The summed E-state index contributed by atoms with van der Waals surface area (Å²) >= 11 is 3.46. The maximum atomic E-state index is 12.1. The molecule has 126 valence electrons. The van der Waals surface area contributed by atoms with E-state index in [2.05, 4.69) is 21.2 Å². The van der Waals surface area contributed by atoms with Crippen LogP contribution >= 0.6 is 15.9 Å². The molecule has 24 heavy (non-hydrogen) atoms. The highest BCUT2D eigenvalue weighted by molar-refractivity contribution is 9.10. The Morgan fingerprint density at radius 2 is 2.12 bits per heavy atom. The zero-order chi connectivity index (χ0) is 17.5. The number of nitrogens with zero attached hydrogens (tertiary/aromatic N) is 1. The Bertz CT molecular complexity index is 739.